The normalized spacial score (nSPS) is 21.9. The highest BCUT2D eigenvalue weighted by Crippen LogP contribution is 2.34. The van der Waals surface area contributed by atoms with Crippen LogP contribution >= 0.6 is 0 Å². The van der Waals surface area contributed by atoms with E-state index in [-0.39, 0.29) is 30.6 Å². The molecule has 1 unspecified atom stereocenters. The maximum Gasteiger partial charge on any atom is 0.325 e. The first-order valence-electron chi connectivity index (χ1n) is 12.0. The Morgan fingerprint density at radius 2 is 1.85 bits per heavy atom. The summed E-state index contributed by atoms with van der Waals surface area (Å²) in [6.45, 7) is 5.39. The van der Waals surface area contributed by atoms with Crippen LogP contribution in [-0.4, -0.2) is 73.0 Å². The predicted molar refractivity (Wildman–Crippen MR) is 123 cm³/mol. The molecule has 3 fully saturated rings. The smallest absolute Gasteiger partial charge is 0.325 e. The fourth-order valence-corrected chi connectivity index (χ4v) is 5.19. The second-order valence-electron chi connectivity index (χ2n) is 9.56. The number of amides is 4. The van der Waals surface area contributed by atoms with Crippen LogP contribution in [0.2, 0.25) is 0 Å². The van der Waals surface area contributed by atoms with Gasteiger partial charge >= 0.3 is 6.03 Å². The average Bonchev–Trinajstić information content (AvgIpc) is 3.02. The molecule has 0 aromatic heterocycles. The van der Waals surface area contributed by atoms with Crippen LogP contribution in [0.4, 0.5) is 14.9 Å². The van der Waals surface area contributed by atoms with E-state index in [1.807, 2.05) is 6.92 Å². The van der Waals surface area contributed by atoms with Crippen molar-refractivity contribution in [3.63, 3.8) is 0 Å². The molecule has 1 saturated carbocycles. The maximum absolute atomic E-state index is 14.1. The molecule has 1 aromatic carbocycles. The Balaban J connectivity index is 1.37. The summed E-state index contributed by atoms with van der Waals surface area (Å²) in [5.74, 6) is -0.835. The van der Waals surface area contributed by atoms with Crippen molar-refractivity contribution in [2.75, 3.05) is 44.7 Å². The molecule has 1 aliphatic carbocycles. The van der Waals surface area contributed by atoms with Crippen molar-refractivity contribution in [1.82, 2.24) is 20.4 Å². The minimum atomic E-state index is -0.780. The lowest BCUT2D eigenvalue weighted by atomic mass is 9.82. The van der Waals surface area contributed by atoms with Crippen molar-refractivity contribution in [2.24, 2.45) is 0 Å². The number of rotatable bonds is 6. The molecule has 0 bridgehead atoms. The fourth-order valence-electron chi connectivity index (χ4n) is 5.19. The number of anilines is 1. The Bertz CT molecular complexity index is 909. The van der Waals surface area contributed by atoms with Crippen LogP contribution in [0.1, 0.15) is 57.1 Å². The number of piperazine rings is 1. The molecule has 3 aliphatic rings. The summed E-state index contributed by atoms with van der Waals surface area (Å²) in [7, 11) is 2.08. The minimum Gasteiger partial charge on any atom is -0.369 e. The number of carbonyl (C=O) groups is 3. The summed E-state index contributed by atoms with van der Waals surface area (Å²) in [6, 6.07) is 3.88. The third kappa shape index (κ3) is 4.98. The Morgan fingerprint density at radius 3 is 2.55 bits per heavy atom. The number of benzene rings is 1. The number of nitrogens with zero attached hydrogens (tertiary/aromatic N) is 3. The Kier molecular flexibility index (Phi) is 6.88. The molecule has 1 aromatic rings. The van der Waals surface area contributed by atoms with Gasteiger partial charge in [0.2, 0.25) is 5.91 Å². The van der Waals surface area contributed by atoms with E-state index in [1.165, 1.54) is 17.0 Å². The van der Waals surface area contributed by atoms with E-state index in [0.717, 1.165) is 56.7 Å². The zero-order valence-electron chi connectivity index (χ0n) is 19.5. The molecule has 180 valence electrons. The lowest BCUT2D eigenvalue weighted by molar-refractivity contribution is -0.132. The van der Waals surface area contributed by atoms with Gasteiger partial charge in [0.05, 0.1) is 6.04 Å². The van der Waals surface area contributed by atoms with E-state index < -0.39 is 17.6 Å². The number of urea groups is 1. The summed E-state index contributed by atoms with van der Waals surface area (Å²) in [5, 5.41) is 5.79. The third-order valence-electron chi connectivity index (χ3n) is 7.19. The van der Waals surface area contributed by atoms with Crippen LogP contribution in [0, 0.1) is 5.82 Å². The van der Waals surface area contributed by atoms with Gasteiger partial charge < -0.3 is 20.4 Å². The van der Waals surface area contributed by atoms with E-state index in [0.29, 0.717) is 12.8 Å². The summed E-state index contributed by atoms with van der Waals surface area (Å²) in [4.78, 5) is 43.6. The Hall–Kier alpha value is -2.68. The van der Waals surface area contributed by atoms with E-state index >= 15 is 0 Å². The molecule has 1 spiro atoms. The first kappa shape index (κ1) is 23.5. The van der Waals surface area contributed by atoms with Crippen LogP contribution in [0.25, 0.3) is 0 Å². The summed E-state index contributed by atoms with van der Waals surface area (Å²) >= 11 is 0. The highest BCUT2D eigenvalue weighted by molar-refractivity contribution is 6.07. The van der Waals surface area contributed by atoms with Gasteiger partial charge in [-0.25, -0.2) is 9.18 Å². The molecule has 0 radical (unpaired) electrons. The van der Waals surface area contributed by atoms with Crippen molar-refractivity contribution in [3.8, 4) is 0 Å². The summed E-state index contributed by atoms with van der Waals surface area (Å²) in [5.41, 5.74) is 0.868. The number of hydrogen-bond acceptors (Lipinski definition) is 5. The van der Waals surface area contributed by atoms with Gasteiger partial charge in [-0.3, -0.25) is 14.5 Å². The molecule has 8 nitrogen and oxygen atoms in total. The topological polar surface area (TPSA) is 85.0 Å². The summed E-state index contributed by atoms with van der Waals surface area (Å²) < 4.78 is 14.1. The van der Waals surface area contributed by atoms with Gasteiger partial charge in [0.1, 0.15) is 11.4 Å². The van der Waals surface area contributed by atoms with E-state index in [2.05, 4.69) is 27.5 Å². The highest BCUT2D eigenvalue weighted by atomic mass is 19.1. The number of halogens is 1. The van der Waals surface area contributed by atoms with Crippen LogP contribution in [-0.2, 0) is 9.59 Å². The maximum atomic E-state index is 14.1. The molecule has 1 atom stereocenters. The molecule has 9 heteroatoms. The zero-order chi connectivity index (χ0) is 23.6. The van der Waals surface area contributed by atoms with Crippen molar-refractivity contribution in [3.05, 3.63) is 29.6 Å². The molecular formula is C24H34FN5O3. The van der Waals surface area contributed by atoms with Crippen LogP contribution < -0.4 is 15.5 Å². The number of imide groups is 1. The van der Waals surface area contributed by atoms with Gasteiger partial charge in [0, 0.05) is 50.4 Å². The Labute approximate surface area is 194 Å². The summed E-state index contributed by atoms with van der Waals surface area (Å²) in [6.07, 6.45) is 4.24. The lowest BCUT2D eigenvalue weighted by Gasteiger charge is -2.36. The van der Waals surface area contributed by atoms with Crippen molar-refractivity contribution >= 4 is 23.5 Å². The highest BCUT2D eigenvalue weighted by Gasteiger charge is 2.51. The zero-order valence-corrected chi connectivity index (χ0v) is 19.5. The lowest BCUT2D eigenvalue weighted by Crippen LogP contribution is -2.48. The molecule has 2 saturated heterocycles. The van der Waals surface area contributed by atoms with Gasteiger partial charge in [-0.15, -0.1) is 0 Å². The first-order chi connectivity index (χ1) is 15.8. The molecule has 2 heterocycles. The first-order valence-corrected chi connectivity index (χ1v) is 12.0. The van der Waals surface area contributed by atoms with E-state index in [9.17, 15) is 18.8 Å². The van der Waals surface area contributed by atoms with E-state index in [4.69, 9.17) is 0 Å². The standard InChI is InChI=1S/C24H34FN5O3/c1-17(19-16-18(25)6-7-20(19)29-14-12-28(2)13-15-29)26-21(31)8-11-30-22(32)24(27-23(30)33)9-4-3-5-10-24/h6-7,16-17H,3-5,8-15H2,1-2H3,(H,26,31)(H,27,33). The number of likely N-dealkylation sites (N-methyl/N-ethyl adjacent to an activating group) is 1. The second-order valence-corrected chi connectivity index (χ2v) is 9.56. The SMILES string of the molecule is CC(NC(=O)CCN1C(=O)NC2(CCCCC2)C1=O)c1cc(F)ccc1N1CCN(C)CC1. The fraction of sp³-hybridized carbons (Fsp3) is 0.625. The number of nitrogens with one attached hydrogen (secondary N) is 2. The van der Waals surface area contributed by atoms with Crippen molar-refractivity contribution < 1.29 is 18.8 Å². The second kappa shape index (κ2) is 9.67. The van der Waals surface area contributed by atoms with E-state index in [1.54, 1.807) is 6.07 Å². The van der Waals surface area contributed by atoms with Gasteiger partial charge in [-0.1, -0.05) is 19.3 Å². The molecule has 33 heavy (non-hydrogen) atoms. The monoisotopic (exact) mass is 459 g/mol. The van der Waals surface area contributed by atoms with Crippen LogP contribution in [0.3, 0.4) is 0 Å². The molecule has 2 aliphatic heterocycles. The van der Waals surface area contributed by atoms with Crippen LogP contribution in [0.5, 0.6) is 0 Å². The predicted octanol–water partition coefficient (Wildman–Crippen LogP) is 2.40. The average molecular weight is 460 g/mol. The van der Waals surface area contributed by atoms with Gasteiger partial charge in [-0.05, 0) is 45.0 Å². The number of carbonyl (C=O) groups excluding carboxylic acids is 3. The number of hydrogen-bond donors (Lipinski definition) is 2. The minimum absolute atomic E-state index is 0.0126. The van der Waals surface area contributed by atoms with Gasteiger partial charge in [-0.2, -0.15) is 0 Å². The van der Waals surface area contributed by atoms with Gasteiger partial charge in [0.25, 0.3) is 5.91 Å². The van der Waals surface area contributed by atoms with Crippen molar-refractivity contribution in [2.45, 2.75) is 57.0 Å². The third-order valence-corrected chi connectivity index (χ3v) is 7.19. The largest absolute Gasteiger partial charge is 0.369 e. The quantitative estimate of drug-likeness (QED) is 0.639. The molecule has 4 rings (SSSR count). The molecule has 2 N–H and O–H groups in total. The van der Waals surface area contributed by atoms with Crippen LogP contribution in [0.15, 0.2) is 18.2 Å². The van der Waals surface area contributed by atoms with Crippen molar-refractivity contribution in [1.29, 1.82) is 0 Å². The molecule has 4 amide bonds. The Morgan fingerprint density at radius 1 is 1.15 bits per heavy atom. The molecular weight excluding hydrogens is 425 g/mol. The van der Waals surface area contributed by atoms with Gasteiger partial charge in [0.15, 0.2) is 0 Å².